The Bertz CT molecular complexity index is 448. The minimum absolute atomic E-state index is 0. The second-order valence-corrected chi connectivity index (χ2v) is 4.79. The van der Waals surface area contributed by atoms with Gasteiger partial charge in [-0.05, 0) is 25.0 Å². The molecule has 110 valence electrons. The van der Waals surface area contributed by atoms with Crippen molar-refractivity contribution in [3.8, 4) is 0 Å². The summed E-state index contributed by atoms with van der Waals surface area (Å²) < 4.78 is 0. The zero-order valence-electron chi connectivity index (χ0n) is 10.9. The van der Waals surface area contributed by atoms with E-state index >= 15 is 0 Å². The van der Waals surface area contributed by atoms with Gasteiger partial charge in [0.15, 0.2) is 0 Å². The number of carbonyl (C=O) groups excluding carboxylic acids is 2. The molecule has 0 radical (unpaired) electrons. The summed E-state index contributed by atoms with van der Waals surface area (Å²) in [4.78, 5) is 29.1. The van der Waals surface area contributed by atoms with Gasteiger partial charge in [0.1, 0.15) is 5.88 Å². The molecule has 1 aromatic rings. The van der Waals surface area contributed by atoms with Crippen LogP contribution in [0.3, 0.4) is 0 Å². The molecule has 20 heavy (non-hydrogen) atoms. The minimum atomic E-state index is -0.0622. The van der Waals surface area contributed by atoms with Gasteiger partial charge in [0.2, 0.25) is 11.8 Å². The largest absolute Gasteiger partial charge is 0.342 e. The number of halogens is 2. The van der Waals surface area contributed by atoms with Crippen LogP contribution in [0, 0.1) is 5.92 Å². The van der Waals surface area contributed by atoms with Crippen molar-refractivity contribution in [3.63, 3.8) is 0 Å². The third kappa shape index (κ3) is 4.35. The molecule has 1 aliphatic heterocycles. The molecular weight excluding hydrogens is 301 g/mol. The van der Waals surface area contributed by atoms with E-state index in [1.807, 2.05) is 0 Å². The molecule has 2 amide bonds. The summed E-state index contributed by atoms with van der Waals surface area (Å²) in [5, 5.41) is 2.84. The van der Waals surface area contributed by atoms with E-state index < -0.39 is 0 Å². The molecular formula is C13H17Cl2N3O2. The maximum absolute atomic E-state index is 12.0. The van der Waals surface area contributed by atoms with E-state index in [4.69, 9.17) is 11.6 Å². The van der Waals surface area contributed by atoms with Crippen molar-refractivity contribution in [3.05, 3.63) is 24.5 Å². The fourth-order valence-corrected chi connectivity index (χ4v) is 2.33. The second kappa shape index (κ2) is 8.07. The molecule has 0 atom stereocenters. The number of pyridine rings is 1. The SMILES string of the molecule is Cl.O=C(Nc1cccnc1)C1CCN(C(=O)CCl)CC1. The highest BCUT2D eigenvalue weighted by Gasteiger charge is 2.26. The van der Waals surface area contributed by atoms with E-state index in [0.717, 1.165) is 0 Å². The number of hydrogen-bond donors (Lipinski definition) is 1. The van der Waals surface area contributed by atoms with Gasteiger partial charge in [0.05, 0.1) is 11.9 Å². The zero-order valence-corrected chi connectivity index (χ0v) is 12.5. The van der Waals surface area contributed by atoms with Crippen LogP contribution >= 0.6 is 24.0 Å². The van der Waals surface area contributed by atoms with Crippen molar-refractivity contribution in [2.24, 2.45) is 5.92 Å². The van der Waals surface area contributed by atoms with Gasteiger partial charge in [-0.1, -0.05) is 0 Å². The van der Waals surface area contributed by atoms with Crippen LogP contribution in [-0.4, -0.2) is 40.7 Å². The number of likely N-dealkylation sites (tertiary alicyclic amines) is 1. The predicted molar refractivity (Wildman–Crippen MR) is 80.1 cm³/mol. The molecule has 1 N–H and O–H groups in total. The number of alkyl halides is 1. The van der Waals surface area contributed by atoms with Gasteiger partial charge in [-0.3, -0.25) is 14.6 Å². The van der Waals surface area contributed by atoms with Crippen molar-refractivity contribution >= 4 is 41.5 Å². The van der Waals surface area contributed by atoms with Crippen LogP contribution in [0.2, 0.25) is 0 Å². The molecule has 2 heterocycles. The van der Waals surface area contributed by atoms with E-state index in [9.17, 15) is 9.59 Å². The first kappa shape index (κ1) is 16.7. The number of nitrogens with zero attached hydrogens (tertiary/aromatic N) is 2. The van der Waals surface area contributed by atoms with E-state index in [1.54, 1.807) is 29.4 Å². The minimum Gasteiger partial charge on any atom is -0.342 e. The van der Waals surface area contributed by atoms with E-state index in [2.05, 4.69) is 10.3 Å². The molecule has 0 bridgehead atoms. The first-order valence-electron chi connectivity index (χ1n) is 6.25. The maximum Gasteiger partial charge on any atom is 0.237 e. The lowest BCUT2D eigenvalue weighted by atomic mass is 9.96. The lowest BCUT2D eigenvalue weighted by molar-refractivity contribution is -0.132. The summed E-state index contributed by atoms with van der Waals surface area (Å²) >= 11 is 5.51. The lowest BCUT2D eigenvalue weighted by Gasteiger charge is -2.30. The fraction of sp³-hybridized carbons (Fsp3) is 0.462. The molecule has 0 unspecified atom stereocenters. The zero-order chi connectivity index (χ0) is 13.7. The van der Waals surface area contributed by atoms with Crippen LogP contribution in [0.4, 0.5) is 5.69 Å². The predicted octanol–water partition coefficient (Wildman–Crippen LogP) is 1.92. The number of piperidine rings is 1. The third-order valence-electron chi connectivity index (χ3n) is 3.26. The summed E-state index contributed by atoms with van der Waals surface area (Å²) in [6, 6.07) is 3.58. The van der Waals surface area contributed by atoms with Gasteiger partial charge in [0, 0.05) is 25.2 Å². The highest BCUT2D eigenvalue weighted by atomic mass is 35.5. The Balaban J connectivity index is 0.00000200. The van der Waals surface area contributed by atoms with Gasteiger partial charge in [-0.2, -0.15) is 0 Å². The molecule has 0 aliphatic carbocycles. The Labute approximate surface area is 129 Å². The highest BCUT2D eigenvalue weighted by molar-refractivity contribution is 6.27. The van der Waals surface area contributed by atoms with Gasteiger partial charge in [-0.25, -0.2) is 0 Å². The van der Waals surface area contributed by atoms with Gasteiger partial charge >= 0.3 is 0 Å². The first-order chi connectivity index (χ1) is 9.20. The van der Waals surface area contributed by atoms with Crippen molar-refractivity contribution < 1.29 is 9.59 Å². The smallest absolute Gasteiger partial charge is 0.237 e. The Morgan fingerprint density at radius 1 is 1.40 bits per heavy atom. The van der Waals surface area contributed by atoms with Crippen LogP contribution in [0.15, 0.2) is 24.5 Å². The molecule has 0 spiro atoms. The number of hydrogen-bond acceptors (Lipinski definition) is 3. The van der Waals surface area contributed by atoms with Crippen LogP contribution in [0.5, 0.6) is 0 Å². The molecule has 1 saturated heterocycles. The van der Waals surface area contributed by atoms with Gasteiger partial charge in [-0.15, -0.1) is 24.0 Å². The Hall–Kier alpha value is -1.33. The van der Waals surface area contributed by atoms with E-state index in [-0.39, 0.29) is 36.0 Å². The van der Waals surface area contributed by atoms with Crippen LogP contribution in [0.1, 0.15) is 12.8 Å². The normalized spacial score (nSPS) is 15.3. The summed E-state index contributed by atoms with van der Waals surface area (Å²) in [5.74, 6) is -0.120. The number of nitrogens with one attached hydrogen (secondary N) is 1. The van der Waals surface area contributed by atoms with Gasteiger partial charge < -0.3 is 10.2 Å². The summed E-state index contributed by atoms with van der Waals surface area (Å²) in [5.41, 5.74) is 0.701. The van der Waals surface area contributed by atoms with Crippen molar-refractivity contribution in [2.45, 2.75) is 12.8 Å². The maximum atomic E-state index is 12.0. The average Bonchev–Trinajstić information content (AvgIpc) is 2.47. The van der Waals surface area contributed by atoms with Crippen molar-refractivity contribution in [2.75, 3.05) is 24.3 Å². The fourth-order valence-electron chi connectivity index (χ4n) is 2.16. The number of carbonyl (C=O) groups is 2. The second-order valence-electron chi connectivity index (χ2n) is 4.52. The molecule has 1 aromatic heterocycles. The van der Waals surface area contributed by atoms with Crippen LogP contribution < -0.4 is 5.32 Å². The van der Waals surface area contributed by atoms with E-state index in [1.165, 1.54) is 0 Å². The molecule has 0 saturated carbocycles. The Morgan fingerprint density at radius 2 is 2.10 bits per heavy atom. The number of rotatable bonds is 3. The molecule has 2 rings (SSSR count). The summed E-state index contributed by atoms with van der Waals surface area (Å²) in [6.45, 7) is 1.19. The molecule has 1 fully saturated rings. The van der Waals surface area contributed by atoms with Crippen LogP contribution in [0.25, 0.3) is 0 Å². The standard InChI is InChI=1S/C13H16ClN3O2.ClH/c14-8-12(18)17-6-3-10(4-7-17)13(19)16-11-2-1-5-15-9-11;/h1-2,5,9-10H,3-4,6-8H2,(H,16,19);1H. The molecule has 1 aliphatic rings. The van der Waals surface area contributed by atoms with Gasteiger partial charge in [0.25, 0.3) is 0 Å². The molecule has 7 heteroatoms. The topological polar surface area (TPSA) is 62.3 Å². The third-order valence-corrected chi connectivity index (χ3v) is 3.49. The summed E-state index contributed by atoms with van der Waals surface area (Å²) in [6.07, 6.45) is 4.62. The van der Waals surface area contributed by atoms with Crippen molar-refractivity contribution in [1.29, 1.82) is 0 Å². The number of aromatic nitrogens is 1. The van der Waals surface area contributed by atoms with E-state index in [0.29, 0.717) is 31.6 Å². The lowest BCUT2D eigenvalue weighted by Crippen LogP contribution is -2.42. The molecule has 0 aromatic carbocycles. The van der Waals surface area contributed by atoms with Crippen LogP contribution in [-0.2, 0) is 9.59 Å². The number of amides is 2. The average molecular weight is 318 g/mol. The monoisotopic (exact) mass is 317 g/mol. The van der Waals surface area contributed by atoms with Crippen molar-refractivity contribution in [1.82, 2.24) is 9.88 Å². The Kier molecular flexibility index (Phi) is 6.75. The number of anilines is 1. The highest BCUT2D eigenvalue weighted by Crippen LogP contribution is 2.19. The summed E-state index contributed by atoms with van der Waals surface area (Å²) in [7, 11) is 0. The first-order valence-corrected chi connectivity index (χ1v) is 6.79. The Morgan fingerprint density at radius 3 is 2.65 bits per heavy atom. The molecule has 5 nitrogen and oxygen atoms in total. The quantitative estimate of drug-likeness (QED) is 0.866.